The maximum Gasteiger partial charge on any atom is 0.0998 e. The first-order valence-corrected chi connectivity index (χ1v) is 7.39. The fourth-order valence-corrected chi connectivity index (χ4v) is 4.33. The van der Waals surface area contributed by atoms with Crippen LogP contribution in [0.3, 0.4) is 0 Å². The molecule has 4 unspecified atom stereocenters. The van der Waals surface area contributed by atoms with E-state index in [1.54, 1.807) is 6.20 Å². The van der Waals surface area contributed by atoms with E-state index in [1.807, 2.05) is 4.68 Å². The zero-order chi connectivity index (χ0) is 12.0. The standard InChI is InChI=1S/C13H19BrN2O/c1-2-16-12(11(14)7-15-16)13(17)10-6-8-3-4-9(10)5-8/h7-10,13,17H,2-6H2,1H3. The third-order valence-electron chi connectivity index (χ3n) is 4.61. The van der Waals surface area contributed by atoms with Crippen LogP contribution in [0.5, 0.6) is 0 Å². The average Bonchev–Trinajstić information content (AvgIpc) is 3.01. The molecule has 0 saturated heterocycles. The second-order valence-electron chi connectivity index (χ2n) is 5.48. The van der Waals surface area contributed by atoms with Gasteiger partial charge in [0.15, 0.2) is 0 Å². The van der Waals surface area contributed by atoms with Crippen molar-refractivity contribution in [1.29, 1.82) is 0 Å². The summed E-state index contributed by atoms with van der Waals surface area (Å²) in [5.74, 6) is 2.06. The Morgan fingerprint density at radius 3 is 2.94 bits per heavy atom. The Labute approximate surface area is 110 Å². The van der Waals surface area contributed by atoms with Crippen LogP contribution in [0.25, 0.3) is 0 Å². The van der Waals surface area contributed by atoms with Crippen LogP contribution in [0.4, 0.5) is 0 Å². The first-order valence-electron chi connectivity index (χ1n) is 6.60. The van der Waals surface area contributed by atoms with E-state index in [9.17, 15) is 5.11 Å². The maximum atomic E-state index is 10.6. The summed E-state index contributed by atoms with van der Waals surface area (Å²) in [7, 11) is 0. The predicted octanol–water partition coefficient (Wildman–Crippen LogP) is 3.14. The highest BCUT2D eigenvalue weighted by atomic mass is 79.9. The van der Waals surface area contributed by atoms with Gasteiger partial charge in [-0.1, -0.05) is 6.42 Å². The lowest BCUT2D eigenvalue weighted by molar-refractivity contribution is 0.0663. The Morgan fingerprint density at radius 1 is 1.53 bits per heavy atom. The Hall–Kier alpha value is -0.350. The van der Waals surface area contributed by atoms with Crippen LogP contribution >= 0.6 is 15.9 Å². The maximum absolute atomic E-state index is 10.6. The minimum atomic E-state index is -0.345. The van der Waals surface area contributed by atoms with Crippen molar-refractivity contribution in [3.63, 3.8) is 0 Å². The van der Waals surface area contributed by atoms with Gasteiger partial charge in [0.2, 0.25) is 0 Å². The largest absolute Gasteiger partial charge is 0.386 e. The molecule has 4 atom stereocenters. The van der Waals surface area contributed by atoms with Crippen molar-refractivity contribution in [2.75, 3.05) is 0 Å². The van der Waals surface area contributed by atoms with Gasteiger partial charge in [0, 0.05) is 6.54 Å². The second-order valence-corrected chi connectivity index (χ2v) is 6.33. The molecule has 0 radical (unpaired) electrons. The highest BCUT2D eigenvalue weighted by Crippen LogP contribution is 2.53. The Balaban J connectivity index is 1.86. The number of nitrogens with zero attached hydrogens (tertiary/aromatic N) is 2. The molecule has 0 spiro atoms. The molecule has 0 aliphatic heterocycles. The third kappa shape index (κ3) is 1.85. The lowest BCUT2D eigenvalue weighted by Gasteiger charge is -2.27. The Morgan fingerprint density at radius 2 is 2.35 bits per heavy atom. The minimum absolute atomic E-state index is 0.345. The van der Waals surface area contributed by atoms with Gasteiger partial charge in [0.05, 0.1) is 22.5 Å². The van der Waals surface area contributed by atoms with E-state index in [-0.39, 0.29) is 6.10 Å². The summed E-state index contributed by atoms with van der Waals surface area (Å²) in [6, 6.07) is 0. The molecule has 2 fully saturated rings. The zero-order valence-electron chi connectivity index (χ0n) is 10.1. The molecule has 2 saturated carbocycles. The van der Waals surface area contributed by atoms with E-state index in [4.69, 9.17) is 0 Å². The molecule has 3 nitrogen and oxygen atoms in total. The van der Waals surface area contributed by atoms with E-state index < -0.39 is 0 Å². The van der Waals surface area contributed by atoms with Gasteiger partial charge in [-0.25, -0.2) is 0 Å². The van der Waals surface area contributed by atoms with Gasteiger partial charge in [-0.2, -0.15) is 5.10 Å². The number of aromatic nitrogens is 2. The highest BCUT2D eigenvalue weighted by Gasteiger charge is 2.44. The van der Waals surface area contributed by atoms with Gasteiger partial charge in [-0.3, -0.25) is 4.68 Å². The zero-order valence-corrected chi connectivity index (χ0v) is 11.7. The van der Waals surface area contributed by atoms with Crippen molar-refractivity contribution < 1.29 is 5.11 Å². The van der Waals surface area contributed by atoms with Crippen LogP contribution in [0, 0.1) is 17.8 Å². The third-order valence-corrected chi connectivity index (χ3v) is 5.22. The van der Waals surface area contributed by atoms with Crippen molar-refractivity contribution in [3.05, 3.63) is 16.4 Å². The number of rotatable bonds is 3. The first-order chi connectivity index (χ1) is 8.20. The van der Waals surface area contributed by atoms with E-state index in [2.05, 4.69) is 28.0 Å². The fourth-order valence-electron chi connectivity index (χ4n) is 3.80. The molecule has 1 N–H and O–H groups in total. The summed E-state index contributed by atoms with van der Waals surface area (Å²) in [6.45, 7) is 2.88. The summed E-state index contributed by atoms with van der Waals surface area (Å²) < 4.78 is 2.87. The number of aliphatic hydroxyl groups excluding tert-OH is 1. The summed E-state index contributed by atoms with van der Waals surface area (Å²) in [6.07, 6.45) is 6.68. The molecular weight excluding hydrogens is 280 g/mol. The SMILES string of the molecule is CCn1ncc(Br)c1C(O)C1CC2CCC1C2. The van der Waals surface area contributed by atoms with E-state index in [1.165, 1.54) is 25.7 Å². The highest BCUT2D eigenvalue weighted by molar-refractivity contribution is 9.10. The fraction of sp³-hybridized carbons (Fsp3) is 0.769. The Bertz CT molecular complexity index is 418. The van der Waals surface area contributed by atoms with Crippen molar-refractivity contribution in [3.8, 4) is 0 Å². The number of hydrogen-bond donors (Lipinski definition) is 1. The lowest BCUT2D eigenvalue weighted by atomic mass is 9.83. The van der Waals surface area contributed by atoms with Crippen LogP contribution in [0.15, 0.2) is 10.7 Å². The molecule has 17 heavy (non-hydrogen) atoms. The number of fused-ring (bicyclic) bond motifs is 2. The smallest absolute Gasteiger partial charge is 0.0998 e. The van der Waals surface area contributed by atoms with Crippen LogP contribution in [0.1, 0.15) is 44.4 Å². The van der Waals surface area contributed by atoms with Crippen LogP contribution in [0.2, 0.25) is 0 Å². The van der Waals surface area contributed by atoms with Crippen LogP contribution in [-0.2, 0) is 6.54 Å². The first kappa shape index (κ1) is 11.7. The minimum Gasteiger partial charge on any atom is -0.386 e. The molecule has 0 aromatic carbocycles. The van der Waals surface area contributed by atoms with Crippen molar-refractivity contribution in [2.24, 2.45) is 17.8 Å². The summed E-state index contributed by atoms with van der Waals surface area (Å²) in [5.41, 5.74) is 0.977. The molecule has 0 amide bonds. The summed E-state index contributed by atoms with van der Waals surface area (Å²) in [4.78, 5) is 0. The molecular formula is C13H19BrN2O. The van der Waals surface area contributed by atoms with Gasteiger partial charge in [-0.05, 0) is 59.9 Å². The molecule has 2 aliphatic carbocycles. The number of aliphatic hydroxyl groups is 1. The summed E-state index contributed by atoms with van der Waals surface area (Å²) >= 11 is 3.52. The lowest BCUT2D eigenvalue weighted by Crippen LogP contribution is -2.22. The summed E-state index contributed by atoms with van der Waals surface area (Å²) in [5, 5.41) is 14.9. The monoisotopic (exact) mass is 298 g/mol. The quantitative estimate of drug-likeness (QED) is 0.931. The van der Waals surface area contributed by atoms with Crippen LogP contribution in [-0.4, -0.2) is 14.9 Å². The molecule has 2 bridgehead atoms. The predicted molar refractivity (Wildman–Crippen MR) is 69.5 cm³/mol. The van der Waals surface area contributed by atoms with E-state index >= 15 is 0 Å². The van der Waals surface area contributed by atoms with Crippen molar-refractivity contribution in [1.82, 2.24) is 9.78 Å². The molecule has 4 heteroatoms. The van der Waals surface area contributed by atoms with Gasteiger partial charge < -0.3 is 5.11 Å². The number of halogens is 1. The van der Waals surface area contributed by atoms with Crippen LogP contribution < -0.4 is 0 Å². The second kappa shape index (κ2) is 4.39. The Kier molecular flexibility index (Phi) is 3.03. The molecule has 1 aromatic rings. The molecule has 94 valence electrons. The van der Waals surface area contributed by atoms with Gasteiger partial charge in [-0.15, -0.1) is 0 Å². The molecule has 1 heterocycles. The van der Waals surface area contributed by atoms with Gasteiger partial charge in [0.25, 0.3) is 0 Å². The molecule has 2 aliphatic rings. The number of aryl methyl sites for hydroxylation is 1. The number of hydrogen-bond acceptors (Lipinski definition) is 2. The molecule has 3 rings (SSSR count). The van der Waals surface area contributed by atoms with Crippen molar-refractivity contribution in [2.45, 2.75) is 45.3 Å². The van der Waals surface area contributed by atoms with E-state index in [0.29, 0.717) is 5.92 Å². The van der Waals surface area contributed by atoms with E-state index in [0.717, 1.165) is 28.5 Å². The van der Waals surface area contributed by atoms with Crippen molar-refractivity contribution >= 4 is 15.9 Å². The average molecular weight is 299 g/mol. The molecule has 1 aromatic heterocycles. The van der Waals surface area contributed by atoms with Gasteiger partial charge in [0.1, 0.15) is 0 Å². The topological polar surface area (TPSA) is 38.0 Å². The normalized spacial score (nSPS) is 33.2. The van der Waals surface area contributed by atoms with Gasteiger partial charge >= 0.3 is 0 Å².